The molecule has 1 aliphatic heterocycles. The third kappa shape index (κ3) is 5.25. The van der Waals surface area contributed by atoms with Crippen LogP contribution >= 0.6 is 0 Å². The fourth-order valence-electron chi connectivity index (χ4n) is 2.69. The minimum absolute atomic E-state index is 0.268. The molecule has 2 amide bonds. The minimum atomic E-state index is -0.608. The van der Waals surface area contributed by atoms with Crippen LogP contribution in [0.5, 0.6) is 5.75 Å². The first-order valence-corrected chi connectivity index (χ1v) is 7.96. The van der Waals surface area contributed by atoms with Crippen LogP contribution in [0, 0.1) is 5.92 Å². The van der Waals surface area contributed by atoms with Crippen molar-refractivity contribution in [3.63, 3.8) is 0 Å². The maximum absolute atomic E-state index is 11.9. The maximum Gasteiger partial charge on any atom is 0.309 e. The SMILES string of the molecule is COc1ccccc1CNC(=O)C(=O)NCC1CCN(C)CC1. The monoisotopic (exact) mass is 319 g/mol. The van der Waals surface area contributed by atoms with Gasteiger partial charge in [-0.2, -0.15) is 0 Å². The van der Waals surface area contributed by atoms with Crippen molar-refractivity contribution in [1.29, 1.82) is 0 Å². The zero-order valence-corrected chi connectivity index (χ0v) is 13.8. The molecular formula is C17H25N3O3. The Morgan fingerprint density at radius 3 is 2.52 bits per heavy atom. The number of hydrogen-bond acceptors (Lipinski definition) is 4. The van der Waals surface area contributed by atoms with Gasteiger partial charge in [0.25, 0.3) is 0 Å². The van der Waals surface area contributed by atoms with Crippen LogP contribution in [-0.4, -0.2) is 50.5 Å². The fourth-order valence-corrected chi connectivity index (χ4v) is 2.69. The standard InChI is InChI=1S/C17H25N3O3/c1-20-9-7-13(8-10-20)11-18-16(21)17(22)19-12-14-5-3-4-6-15(14)23-2/h3-6,13H,7-12H2,1-2H3,(H,18,21)(H,19,22). The third-order valence-corrected chi connectivity index (χ3v) is 4.23. The molecule has 6 nitrogen and oxygen atoms in total. The second kappa shape index (κ2) is 8.53. The quantitative estimate of drug-likeness (QED) is 0.787. The number of piperidine rings is 1. The van der Waals surface area contributed by atoms with Crippen LogP contribution < -0.4 is 15.4 Å². The van der Waals surface area contributed by atoms with E-state index in [9.17, 15) is 9.59 Å². The topological polar surface area (TPSA) is 70.7 Å². The summed E-state index contributed by atoms with van der Waals surface area (Å²) in [6.45, 7) is 2.92. The Bertz CT molecular complexity index is 540. The number of nitrogens with one attached hydrogen (secondary N) is 2. The summed E-state index contributed by atoms with van der Waals surface area (Å²) < 4.78 is 5.22. The molecule has 1 fully saturated rings. The van der Waals surface area contributed by atoms with Crippen LogP contribution in [0.15, 0.2) is 24.3 Å². The minimum Gasteiger partial charge on any atom is -0.496 e. The van der Waals surface area contributed by atoms with Crippen molar-refractivity contribution >= 4 is 11.8 Å². The van der Waals surface area contributed by atoms with E-state index in [1.165, 1.54) is 0 Å². The molecule has 1 aromatic rings. The van der Waals surface area contributed by atoms with Gasteiger partial charge in [-0.3, -0.25) is 9.59 Å². The molecule has 6 heteroatoms. The molecule has 1 heterocycles. The molecule has 1 aromatic carbocycles. The molecule has 0 unspecified atom stereocenters. The first-order valence-electron chi connectivity index (χ1n) is 7.96. The van der Waals surface area contributed by atoms with Crippen molar-refractivity contribution in [2.45, 2.75) is 19.4 Å². The van der Waals surface area contributed by atoms with E-state index in [2.05, 4.69) is 22.6 Å². The number of benzene rings is 1. The van der Waals surface area contributed by atoms with E-state index in [0.29, 0.717) is 18.2 Å². The number of ether oxygens (including phenoxy) is 1. The van der Waals surface area contributed by atoms with Gasteiger partial charge in [0.15, 0.2) is 0 Å². The van der Waals surface area contributed by atoms with E-state index in [1.54, 1.807) is 7.11 Å². The molecule has 0 saturated carbocycles. The number of amides is 2. The highest BCUT2D eigenvalue weighted by molar-refractivity contribution is 6.35. The highest BCUT2D eigenvalue weighted by Gasteiger charge is 2.19. The summed E-state index contributed by atoms with van der Waals surface area (Å²) in [4.78, 5) is 26.0. The first-order chi connectivity index (χ1) is 11.1. The number of carbonyl (C=O) groups excluding carboxylic acids is 2. The molecule has 23 heavy (non-hydrogen) atoms. The van der Waals surface area contributed by atoms with Gasteiger partial charge in [-0.15, -0.1) is 0 Å². The maximum atomic E-state index is 11.9. The highest BCUT2D eigenvalue weighted by Crippen LogP contribution is 2.16. The van der Waals surface area contributed by atoms with Crippen LogP contribution in [0.4, 0.5) is 0 Å². The van der Waals surface area contributed by atoms with Crippen molar-refractivity contribution in [3.05, 3.63) is 29.8 Å². The van der Waals surface area contributed by atoms with Gasteiger partial charge < -0.3 is 20.3 Å². The van der Waals surface area contributed by atoms with E-state index in [4.69, 9.17) is 4.74 Å². The van der Waals surface area contributed by atoms with Crippen LogP contribution in [-0.2, 0) is 16.1 Å². The Morgan fingerprint density at radius 1 is 1.17 bits per heavy atom. The molecule has 0 bridgehead atoms. The lowest BCUT2D eigenvalue weighted by molar-refractivity contribution is -0.139. The van der Waals surface area contributed by atoms with Crippen LogP contribution in [0.1, 0.15) is 18.4 Å². The van der Waals surface area contributed by atoms with Crippen LogP contribution in [0.25, 0.3) is 0 Å². The fraction of sp³-hybridized carbons (Fsp3) is 0.529. The lowest BCUT2D eigenvalue weighted by atomic mass is 9.97. The smallest absolute Gasteiger partial charge is 0.309 e. The Hall–Kier alpha value is -2.08. The van der Waals surface area contributed by atoms with Crippen LogP contribution in [0.2, 0.25) is 0 Å². The van der Waals surface area contributed by atoms with E-state index in [0.717, 1.165) is 31.5 Å². The molecule has 2 N–H and O–H groups in total. The molecule has 0 radical (unpaired) electrons. The van der Waals surface area contributed by atoms with Crippen molar-refractivity contribution in [2.24, 2.45) is 5.92 Å². The van der Waals surface area contributed by atoms with Gasteiger partial charge in [0.2, 0.25) is 0 Å². The molecule has 0 spiro atoms. The number of rotatable bonds is 5. The van der Waals surface area contributed by atoms with Crippen molar-refractivity contribution < 1.29 is 14.3 Å². The molecule has 0 aliphatic carbocycles. The average molecular weight is 319 g/mol. The Morgan fingerprint density at radius 2 is 1.83 bits per heavy atom. The van der Waals surface area contributed by atoms with Gasteiger partial charge >= 0.3 is 11.8 Å². The number of para-hydroxylation sites is 1. The number of carbonyl (C=O) groups is 2. The number of nitrogens with zero attached hydrogens (tertiary/aromatic N) is 1. The van der Waals surface area contributed by atoms with Crippen molar-refractivity contribution in [3.8, 4) is 5.75 Å². The number of methoxy groups -OCH3 is 1. The molecule has 0 aromatic heterocycles. The van der Waals surface area contributed by atoms with Crippen molar-refractivity contribution in [1.82, 2.24) is 15.5 Å². The van der Waals surface area contributed by atoms with E-state index < -0.39 is 11.8 Å². The molecule has 1 aliphatic rings. The largest absolute Gasteiger partial charge is 0.496 e. The Kier molecular flexibility index (Phi) is 6.40. The predicted octanol–water partition coefficient (Wildman–Crippen LogP) is 0.769. The molecule has 2 rings (SSSR count). The molecular weight excluding hydrogens is 294 g/mol. The van der Waals surface area contributed by atoms with Crippen LogP contribution in [0.3, 0.4) is 0 Å². The third-order valence-electron chi connectivity index (χ3n) is 4.23. The highest BCUT2D eigenvalue weighted by atomic mass is 16.5. The summed E-state index contributed by atoms with van der Waals surface area (Å²) in [5.41, 5.74) is 0.839. The lowest BCUT2D eigenvalue weighted by Crippen LogP contribution is -2.43. The van der Waals surface area contributed by atoms with Gasteiger partial charge in [0, 0.05) is 18.7 Å². The molecule has 1 saturated heterocycles. The summed E-state index contributed by atoms with van der Waals surface area (Å²) >= 11 is 0. The lowest BCUT2D eigenvalue weighted by Gasteiger charge is -2.28. The van der Waals surface area contributed by atoms with E-state index >= 15 is 0 Å². The summed E-state index contributed by atoms with van der Waals surface area (Å²) in [5, 5.41) is 5.36. The summed E-state index contributed by atoms with van der Waals surface area (Å²) in [6, 6.07) is 7.40. The first kappa shape index (κ1) is 17.3. The van der Waals surface area contributed by atoms with Gasteiger partial charge in [-0.1, -0.05) is 18.2 Å². The normalized spacial score (nSPS) is 15.9. The van der Waals surface area contributed by atoms with Gasteiger partial charge in [-0.05, 0) is 45.0 Å². The zero-order chi connectivity index (χ0) is 16.7. The Balaban J connectivity index is 1.73. The van der Waals surface area contributed by atoms with Gasteiger partial charge in [0.1, 0.15) is 5.75 Å². The number of likely N-dealkylation sites (tertiary alicyclic amines) is 1. The zero-order valence-electron chi connectivity index (χ0n) is 13.8. The second-order valence-corrected chi connectivity index (χ2v) is 5.95. The molecule has 126 valence electrons. The van der Waals surface area contributed by atoms with E-state index in [1.807, 2.05) is 24.3 Å². The summed E-state index contributed by atoms with van der Waals surface area (Å²) in [5.74, 6) is -0.0284. The molecule has 0 atom stereocenters. The summed E-state index contributed by atoms with van der Waals surface area (Å²) in [7, 11) is 3.68. The average Bonchev–Trinajstić information content (AvgIpc) is 2.59. The van der Waals surface area contributed by atoms with Gasteiger partial charge in [-0.25, -0.2) is 0 Å². The predicted molar refractivity (Wildman–Crippen MR) is 88.1 cm³/mol. The van der Waals surface area contributed by atoms with Gasteiger partial charge in [0.05, 0.1) is 7.11 Å². The number of hydrogen-bond donors (Lipinski definition) is 2. The van der Waals surface area contributed by atoms with Crippen molar-refractivity contribution in [2.75, 3.05) is 33.8 Å². The Labute approximate surface area is 137 Å². The van der Waals surface area contributed by atoms with E-state index in [-0.39, 0.29) is 6.54 Å². The second-order valence-electron chi connectivity index (χ2n) is 5.95. The summed E-state index contributed by atoms with van der Waals surface area (Å²) in [6.07, 6.45) is 2.11.